The summed E-state index contributed by atoms with van der Waals surface area (Å²) < 4.78 is 1.72. The van der Waals surface area contributed by atoms with E-state index in [1.54, 1.807) is 23.0 Å². The quantitative estimate of drug-likeness (QED) is 0.864. The van der Waals surface area contributed by atoms with Crippen molar-refractivity contribution in [1.29, 1.82) is 0 Å². The number of carboxylic acid groups (broad SMARTS) is 1. The van der Waals surface area contributed by atoms with E-state index < -0.39 is 5.97 Å². The van der Waals surface area contributed by atoms with Crippen molar-refractivity contribution in [1.82, 2.24) is 14.7 Å². The molecular formula is C19H22ClN3O3. The van der Waals surface area contributed by atoms with Crippen LogP contribution in [0, 0.1) is 6.92 Å². The molecule has 3 rings (SSSR count). The first-order valence-corrected chi connectivity index (χ1v) is 9.18. The zero-order valence-electron chi connectivity index (χ0n) is 14.7. The van der Waals surface area contributed by atoms with Crippen LogP contribution in [0.5, 0.6) is 0 Å². The number of carbonyl (C=O) groups is 2. The lowest BCUT2D eigenvalue weighted by Gasteiger charge is -2.35. The smallest absolute Gasteiger partial charge is 0.303 e. The number of aliphatic carboxylic acids is 1. The van der Waals surface area contributed by atoms with Crippen molar-refractivity contribution in [3.63, 3.8) is 0 Å². The van der Waals surface area contributed by atoms with Gasteiger partial charge in [-0.15, -0.1) is 0 Å². The van der Waals surface area contributed by atoms with E-state index in [9.17, 15) is 9.59 Å². The average Bonchev–Trinajstić information content (AvgIpc) is 3.02. The molecule has 26 heavy (non-hydrogen) atoms. The van der Waals surface area contributed by atoms with Crippen LogP contribution in [0.1, 0.15) is 48.2 Å². The molecule has 2 heterocycles. The molecule has 1 aliphatic heterocycles. The van der Waals surface area contributed by atoms with E-state index in [0.717, 1.165) is 30.6 Å². The lowest BCUT2D eigenvalue weighted by atomic mass is 9.97. The second-order valence-corrected chi connectivity index (χ2v) is 7.05. The zero-order chi connectivity index (χ0) is 18.7. The van der Waals surface area contributed by atoms with Crippen LogP contribution in [-0.2, 0) is 4.79 Å². The molecule has 1 fully saturated rings. The van der Waals surface area contributed by atoms with Crippen LogP contribution in [0.15, 0.2) is 30.5 Å². The number of hydrogen-bond acceptors (Lipinski definition) is 3. The zero-order valence-corrected chi connectivity index (χ0v) is 15.4. The van der Waals surface area contributed by atoms with Gasteiger partial charge in [0.2, 0.25) is 0 Å². The van der Waals surface area contributed by atoms with Crippen LogP contribution >= 0.6 is 11.6 Å². The van der Waals surface area contributed by atoms with Crippen molar-refractivity contribution in [2.24, 2.45) is 0 Å². The first kappa shape index (κ1) is 18.5. The summed E-state index contributed by atoms with van der Waals surface area (Å²) in [6.07, 6.45) is 4.98. The summed E-state index contributed by atoms with van der Waals surface area (Å²) in [5.74, 6) is -0.896. The van der Waals surface area contributed by atoms with Gasteiger partial charge < -0.3 is 10.0 Å². The van der Waals surface area contributed by atoms with E-state index in [2.05, 4.69) is 5.10 Å². The Labute approximate surface area is 157 Å². The van der Waals surface area contributed by atoms with E-state index >= 15 is 0 Å². The maximum Gasteiger partial charge on any atom is 0.303 e. The molecule has 0 aliphatic carbocycles. The van der Waals surface area contributed by atoms with Crippen molar-refractivity contribution in [3.8, 4) is 5.69 Å². The molecule has 0 radical (unpaired) electrons. The first-order valence-electron chi connectivity index (χ1n) is 8.80. The first-order chi connectivity index (χ1) is 12.5. The number of likely N-dealkylation sites (tertiary alicyclic amines) is 1. The topological polar surface area (TPSA) is 75.4 Å². The molecule has 1 aliphatic rings. The van der Waals surface area contributed by atoms with Crippen molar-refractivity contribution in [2.45, 2.75) is 45.1 Å². The molecule has 1 saturated heterocycles. The van der Waals surface area contributed by atoms with E-state index in [0.29, 0.717) is 23.6 Å². The molecule has 6 nitrogen and oxygen atoms in total. The van der Waals surface area contributed by atoms with Crippen LogP contribution in [0.3, 0.4) is 0 Å². The van der Waals surface area contributed by atoms with E-state index in [1.165, 1.54) is 0 Å². The van der Waals surface area contributed by atoms with Crippen LogP contribution in [0.25, 0.3) is 5.69 Å². The van der Waals surface area contributed by atoms with Gasteiger partial charge in [0, 0.05) is 24.0 Å². The molecule has 138 valence electrons. The fraction of sp³-hybridized carbons (Fsp3) is 0.421. The molecule has 1 N–H and O–H groups in total. The summed E-state index contributed by atoms with van der Waals surface area (Å²) in [5, 5.41) is 14.0. The largest absolute Gasteiger partial charge is 0.481 e. The van der Waals surface area contributed by atoms with Crippen molar-refractivity contribution < 1.29 is 14.7 Å². The summed E-state index contributed by atoms with van der Waals surface area (Å²) >= 11 is 5.93. The van der Waals surface area contributed by atoms with Crippen LogP contribution < -0.4 is 0 Å². The Morgan fingerprint density at radius 1 is 1.27 bits per heavy atom. The molecule has 1 aromatic carbocycles. The molecule has 0 saturated carbocycles. The number of piperidine rings is 1. The van der Waals surface area contributed by atoms with Crippen LogP contribution in [0.4, 0.5) is 0 Å². The minimum absolute atomic E-state index is 0.0226. The molecule has 2 aromatic rings. The Kier molecular flexibility index (Phi) is 5.61. The number of nitrogens with zero attached hydrogens (tertiary/aromatic N) is 3. The van der Waals surface area contributed by atoms with Gasteiger partial charge in [0.05, 0.1) is 23.1 Å². The SMILES string of the molecule is Cc1c(C(=O)N2CCCCC2CCC(=O)O)cnn1-c1ccc(Cl)cc1. The highest BCUT2D eigenvalue weighted by molar-refractivity contribution is 6.30. The normalized spacial score (nSPS) is 17.3. The second-order valence-electron chi connectivity index (χ2n) is 6.61. The second kappa shape index (κ2) is 7.91. The highest BCUT2D eigenvalue weighted by Crippen LogP contribution is 2.25. The Morgan fingerprint density at radius 2 is 2.00 bits per heavy atom. The molecule has 1 atom stereocenters. The predicted molar refractivity (Wildman–Crippen MR) is 98.9 cm³/mol. The summed E-state index contributed by atoms with van der Waals surface area (Å²) in [5.41, 5.74) is 2.16. The van der Waals surface area contributed by atoms with Gasteiger partial charge >= 0.3 is 5.97 Å². The van der Waals surface area contributed by atoms with Crippen LogP contribution in [-0.4, -0.2) is 44.3 Å². The standard InChI is InChI=1S/C19H22ClN3O3/c1-13-17(12-21-23(13)16-7-5-14(20)6-8-16)19(26)22-11-3-2-4-15(22)9-10-18(24)25/h5-8,12,15H,2-4,9-11H2,1H3,(H,24,25). The number of aromatic nitrogens is 2. The minimum Gasteiger partial charge on any atom is -0.481 e. The number of rotatable bonds is 5. The highest BCUT2D eigenvalue weighted by Gasteiger charge is 2.29. The third kappa shape index (κ3) is 3.90. The average molecular weight is 376 g/mol. The summed E-state index contributed by atoms with van der Waals surface area (Å²) in [4.78, 5) is 25.8. The Bertz CT molecular complexity index is 801. The van der Waals surface area contributed by atoms with E-state index in [4.69, 9.17) is 16.7 Å². The van der Waals surface area contributed by atoms with Gasteiger partial charge in [0.1, 0.15) is 0 Å². The number of hydrogen-bond donors (Lipinski definition) is 1. The third-order valence-corrected chi connectivity index (χ3v) is 5.14. The van der Waals surface area contributed by atoms with Gasteiger partial charge in [-0.25, -0.2) is 4.68 Å². The van der Waals surface area contributed by atoms with Gasteiger partial charge in [-0.2, -0.15) is 5.10 Å². The number of carboxylic acids is 1. The maximum atomic E-state index is 13.1. The van der Waals surface area contributed by atoms with Crippen molar-refractivity contribution in [2.75, 3.05) is 6.54 Å². The number of amides is 1. The molecule has 1 unspecified atom stereocenters. The Balaban J connectivity index is 1.82. The number of carbonyl (C=O) groups excluding carboxylic acids is 1. The summed E-state index contributed by atoms with van der Waals surface area (Å²) in [6.45, 7) is 2.53. The fourth-order valence-corrected chi connectivity index (χ4v) is 3.60. The van der Waals surface area contributed by atoms with Gasteiger partial charge in [0.25, 0.3) is 5.91 Å². The predicted octanol–water partition coefficient (Wildman–Crippen LogP) is 3.69. The summed E-state index contributed by atoms with van der Waals surface area (Å²) in [7, 11) is 0. The molecule has 0 bridgehead atoms. The van der Waals surface area contributed by atoms with E-state index in [-0.39, 0.29) is 18.4 Å². The lowest BCUT2D eigenvalue weighted by Crippen LogP contribution is -2.44. The molecule has 1 aromatic heterocycles. The highest BCUT2D eigenvalue weighted by atomic mass is 35.5. The fourth-order valence-electron chi connectivity index (χ4n) is 3.48. The lowest BCUT2D eigenvalue weighted by molar-refractivity contribution is -0.137. The monoisotopic (exact) mass is 375 g/mol. The van der Waals surface area contributed by atoms with Gasteiger partial charge in [-0.05, 0) is 56.9 Å². The number of halogens is 1. The van der Waals surface area contributed by atoms with Gasteiger partial charge in [-0.1, -0.05) is 11.6 Å². The molecule has 1 amide bonds. The van der Waals surface area contributed by atoms with Crippen molar-refractivity contribution >= 4 is 23.5 Å². The Hall–Kier alpha value is -2.34. The molecular weight excluding hydrogens is 354 g/mol. The maximum absolute atomic E-state index is 13.1. The van der Waals surface area contributed by atoms with Gasteiger partial charge in [-0.3, -0.25) is 9.59 Å². The van der Waals surface area contributed by atoms with Crippen molar-refractivity contribution in [3.05, 3.63) is 46.7 Å². The minimum atomic E-state index is -0.824. The molecule has 7 heteroatoms. The molecule has 0 spiro atoms. The Morgan fingerprint density at radius 3 is 2.69 bits per heavy atom. The van der Waals surface area contributed by atoms with Gasteiger partial charge in [0.15, 0.2) is 0 Å². The van der Waals surface area contributed by atoms with Crippen LogP contribution in [0.2, 0.25) is 5.02 Å². The summed E-state index contributed by atoms with van der Waals surface area (Å²) in [6, 6.07) is 7.25. The van der Waals surface area contributed by atoms with E-state index in [1.807, 2.05) is 24.0 Å². The number of benzene rings is 1. The third-order valence-electron chi connectivity index (χ3n) is 4.89.